The van der Waals surface area contributed by atoms with Crippen molar-refractivity contribution in [2.24, 2.45) is 5.92 Å². The summed E-state index contributed by atoms with van der Waals surface area (Å²) >= 11 is 0. The minimum absolute atomic E-state index is 0.0643. The Bertz CT molecular complexity index is 1440. The highest BCUT2D eigenvalue weighted by Gasteiger charge is 2.39. The molecule has 0 spiro atoms. The van der Waals surface area contributed by atoms with Crippen LogP contribution in [0.2, 0.25) is 0 Å². The molecule has 3 N–H and O–H groups in total. The molecule has 12 nitrogen and oxygen atoms in total. The third kappa shape index (κ3) is 9.05. The van der Waals surface area contributed by atoms with E-state index in [2.05, 4.69) is 28.1 Å². The number of esters is 1. The molecule has 0 saturated carbocycles. The second-order valence-electron chi connectivity index (χ2n) is 13.5. The number of nitrogens with zero attached hydrogens (tertiary/aromatic N) is 1. The van der Waals surface area contributed by atoms with Gasteiger partial charge in [-0.05, 0) is 74.6 Å². The highest BCUT2D eigenvalue weighted by atomic mass is 16.6. The molecule has 48 heavy (non-hydrogen) atoms. The Morgan fingerprint density at radius 2 is 1.56 bits per heavy atom. The molecular formula is C36H48N4O8. The van der Waals surface area contributed by atoms with Gasteiger partial charge in [0.05, 0.1) is 7.11 Å². The lowest BCUT2D eigenvalue weighted by atomic mass is 9.98. The molecule has 1 saturated heterocycles. The van der Waals surface area contributed by atoms with E-state index in [4.69, 9.17) is 14.2 Å². The van der Waals surface area contributed by atoms with Gasteiger partial charge in [-0.2, -0.15) is 0 Å². The number of amides is 4. The van der Waals surface area contributed by atoms with Crippen LogP contribution < -0.4 is 16.0 Å². The number of hydrogen-bond acceptors (Lipinski definition) is 8. The fourth-order valence-electron chi connectivity index (χ4n) is 6.16. The minimum atomic E-state index is -1.00. The van der Waals surface area contributed by atoms with Gasteiger partial charge in [-0.15, -0.1) is 0 Å². The van der Waals surface area contributed by atoms with Crippen LogP contribution >= 0.6 is 0 Å². The second kappa shape index (κ2) is 16.0. The summed E-state index contributed by atoms with van der Waals surface area (Å²) in [6.45, 7) is 9.57. The van der Waals surface area contributed by atoms with Gasteiger partial charge in [0.25, 0.3) is 0 Å². The summed E-state index contributed by atoms with van der Waals surface area (Å²) in [6.07, 6.45) is 0.434. The first-order chi connectivity index (χ1) is 22.8. The van der Waals surface area contributed by atoms with Crippen molar-refractivity contribution in [2.75, 3.05) is 26.8 Å². The van der Waals surface area contributed by atoms with Crippen LogP contribution in [-0.2, 0) is 28.6 Å². The summed E-state index contributed by atoms with van der Waals surface area (Å²) < 4.78 is 16.0. The van der Waals surface area contributed by atoms with Crippen molar-refractivity contribution in [1.29, 1.82) is 0 Å². The first kappa shape index (κ1) is 36.2. The van der Waals surface area contributed by atoms with Crippen molar-refractivity contribution in [3.63, 3.8) is 0 Å². The molecule has 1 fully saturated rings. The van der Waals surface area contributed by atoms with Crippen molar-refractivity contribution in [1.82, 2.24) is 20.9 Å². The predicted octanol–water partition coefficient (Wildman–Crippen LogP) is 4.50. The standard InChI is InChI=1S/C36H48N4O8/c1-22(2)30(39-31(41)29-18-12-20-40(29)35(45)48-36(3,4)5)32(42)38-28(33(43)46-6)17-11-19-37-34(44)47-21-27-25-15-9-7-13-23(25)24-14-8-10-16-26(24)27/h7-10,13-16,22,27-30H,11-12,17-21H2,1-6H3,(H,37,44)(H,38,42)(H,39,41)/t28-,29?,30-/m0/s1. The van der Waals surface area contributed by atoms with E-state index in [-0.39, 0.29) is 31.4 Å². The van der Waals surface area contributed by atoms with Crippen LogP contribution in [0.4, 0.5) is 9.59 Å². The summed E-state index contributed by atoms with van der Waals surface area (Å²) in [5.74, 6) is -2.05. The summed E-state index contributed by atoms with van der Waals surface area (Å²) in [4.78, 5) is 65.9. The maximum absolute atomic E-state index is 13.4. The molecular weight excluding hydrogens is 616 g/mol. The van der Waals surface area contributed by atoms with Gasteiger partial charge in [-0.1, -0.05) is 62.4 Å². The fraction of sp³-hybridized carbons (Fsp3) is 0.528. The molecule has 0 radical (unpaired) electrons. The first-order valence-corrected chi connectivity index (χ1v) is 16.6. The average molecular weight is 665 g/mol. The van der Waals surface area contributed by atoms with Crippen LogP contribution in [0, 0.1) is 5.92 Å². The third-order valence-corrected chi connectivity index (χ3v) is 8.52. The molecule has 4 rings (SSSR count). The van der Waals surface area contributed by atoms with Crippen LogP contribution in [0.15, 0.2) is 48.5 Å². The SMILES string of the molecule is COC(=O)[C@H](CCCNC(=O)OCC1c2ccccc2-c2ccccc21)NC(=O)[C@@H](NC(=O)C1CCCN1C(=O)OC(C)(C)C)C(C)C. The minimum Gasteiger partial charge on any atom is -0.467 e. The quantitative estimate of drug-likeness (QED) is 0.170. The zero-order valence-electron chi connectivity index (χ0n) is 28.7. The number of likely N-dealkylation sites (tertiary alicyclic amines) is 1. The molecule has 2 aromatic carbocycles. The van der Waals surface area contributed by atoms with Crippen LogP contribution in [-0.4, -0.2) is 85.4 Å². The Morgan fingerprint density at radius 1 is 0.938 bits per heavy atom. The molecule has 12 heteroatoms. The molecule has 1 unspecified atom stereocenters. The molecule has 0 bridgehead atoms. The molecule has 1 aliphatic carbocycles. The van der Waals surface area contributed by atoms with Crippen molar-refractivity contribution >= 4 is 30.0 Å². The van der Waals surface area contributed by atoms with Crippen LogP contribution in [0.25, 0.3) is 11.1 Å². The van der Waals surface area contributed by atoms with Gasteiger partial charge in [0.1, 0.15) is 30.3 Å². The largest absolute Gasteiger partial charge is 0.467 e. The number of ether oxygens (including phenoxy) is 3. The summed E-state index contributed by atoms with van der Waals surface area (Å²) in [5, 5.41) is 8.20. The number of methoxy groups -OCH3 is 1. The zero-order chi connectivity index (χ0) is 35.0. The van der Waals surface area contributed by atoms with E-state index in [1.165, 1.54) is 12.0 Å². The topological polar surface area (TPSA) is 152 Å². The molecule has 0 aromatic heterocycles. The Kier molecular flexibility index (Phi) is 12.1. The smallest absolute Gasteiger partial charge is 0.410 e. The highest BCUT2D eigenvalue weighted by Crippen LogP contribution is 2.44. The number of carbonyl (C=O) groups is 5. The van der Waals surface area contributed by atoms with E-state index in [1.54, 1.807) is 34.6 Å². The monoisotopic (exact) mass is 664 g/mol. The van der Waals surface area contributed by atoms with E-state index in [9.17, 15) is 24.0 Å². The number of alkyl carbamates (subject to hydrolysis) is 1. The Balaban J connectivity index is 1.27. The lowest BCUT2D eigenvalue weighted by molar-refractivity contribution is -0.145. The summed E-state index contributed by atoms with van der Waals surface area (Å²) in [5.41, 5.74) is 3.79. The molecule has 4 amide bonds. The molecule has 260 valence electrons. The lowest BCUT2D eigenvalue weighted by Gasteiger charge is -2.30. The number of rotatable bonds is 12. The summed E-state index contributed by atoms with van der Waals surface area (Å²) in [7, 11) is 1.23. The van der Waals surface area contributed by atoms with Gasteiger partial charge in [0.2, 0.25) is 11.8 Å². The number of carbonyl (C=O) groups excluding carboxylic acids is 5. The van der Waals surface area contributed by atoms with Crippen LogP contribution in [0.3, 0.4) is 0 Å². The van der Waals surface area contributed by atoms with Crippen molar-refractivity contribution in [2.45, 2.75) is 89.9 Å². The van der Waals surface area contributed by atoms with E-state index in [0.29, 0.717) is 25.8 Å². The average Bonchev–Trinajstić information content (AvgIpc) is 3.66. The normalized spacial score (nSPS) is 16.7. The third-order valence-electron chi connectivity index (χ3n) is 8.52. The Morgan fingerprint density at radius 3 is 2.15 bits per heavy atom. The van der Waals surface area contributed by atoms with Gasteiger partial charge >= 0.3 is 18.2 Å². The number of benzene rings is 2. The lowest BCUT2D eigenvalue weighted by Crippen LogP contribution is -2.57. The molecule has 2 aromatic rings. The predicted molar refractivity (Wildman–Crippen MR) is 179 cm³/mol. The summed E-state index contributed by atoms with van der Waals surface area (Å²) in [6, 6.07) is 13.4. The van der Waals surface area contributed by atoms with Crippen molar-refractivity contribution in [3.05, 3.63) is 59.7 Å². The van der Waals surface area contributed by atoms with Gasteiger partial charge in [0, 0.05) is 19.0 Å². The maximum Gasteiger partial charge on any atom is 0.410 e. The highest BCUT2D eigenvalue weighted by molar-refractivity contribution is 5.93. The van der Waals surface area contributed by atoms with Crippen LogP contribution in [0.1, 0.15) is 77.3 Å². The first-order valence-electron chi connectivity index (χ1n) is 16.6. The molecule has 1 aliphatic heterocycles. The Hall–Kier alpha value is -4.61. The Labute approximate surface area is 282 Å². The molecule has 3 atom stereocenters. The van der Waals surface area contributed by atoms with Gasteiger partial charge < -0.3 is 30.2 Å². The second-order valence-corrected chi connectivity index (χ2v) is 13.5. The van der Waals surface area contributed by atoms with E-state index in [0.717, 1.165) is 22.3 Å². The van der Waals surface area contributed by atoms with E-state index in [1.807, 2.05) is 36.4 Å². The van der Waals surface area contributed by atoms with Crippen molar-refractivity contribution in [3.8, 4) is 11.1 Å². The van der Waals surface area contributed by atoms with Gasteiger partial charge in [-0.3, -0.25) is 14.5 Å². The van der Waals surface area contributed by atoms with Crippen molar-refractivity contribution < 1.29 is 38.2 Å². The van der Waals surface area contributed by atoms with E-state index >= 15 is 0 Å². The fourth-order valence-corrected chi connectivity index (χ4v) is 6.16. The number of hydrogen-bond donors (Lipinski definition) is 3. The van der Waals surface area contributed by atoms with Gasteiger partial charge in [0.15, 0.2) is 0 Å². The van der Waals surface area contributed by atoms with Gasteiger partial charge in [-0.25, -0.2) is 14.4 Å². The molecule has 2 aliphatic rings. The molecule has 1 heterocycles. The number of nitrogens with one attached hydrogen (secondary N) is 3. The van der Waals surface area contributed by atoms with E-state index < -0.39 is 53.7 Å². The van der Waals surface area contributed by atoms with Crippen LogP contribution in [0.5, 0.6) is 0 Å². The maximum atomic E-state index is 13.4. The zero-order valence-corrected chi connectivity index (χ0v) is 28.7. The number of fused-ring (bicyclic) bond motifs is 3.